The highest BCUT2D eigenvalue weighted by Gasteiger charge is 2.48. The van der Waals surface area contributed by atoms with Crippen molar-refractivity contribution < 1.29 is 9.59 Å². The van der Waals surface area contributed by atoms with E-state index in [1.165, 1.54) is 5.56 Å². The SMILES string of the molecule is CCN1C(=O)CCC2(C(=O)NCc3ccc(C)cc3)CCCC=C12. The van der Waals surface area contributed by atoms with Crippen molar-refractivity contribution in [2.75, 3.05) is 6.54 Å². The van der Waals surface area contributed by atoms with Crippen molar-refractivity contribution in [2.45, 2.75) is 52.5 Å². The number of nitrogens with zero attached hydrogens (tertiary/aromatic N) is 1. The van der Waals surface area contributed by atoms with Crippen molar-refractivity contribution in [1.82, 2.24) is 10.2 Å². The van der Waals surface area contributed by atoms with Gasteiger partial charge in [0, 0.05) is 25.2 Å². The molecule has 1 aromatic carbocycles. The number of hydrogen-bond acceptors (Lipinski definition) is 2. The van der Waals surface area contributed by atoms with Crippen molar-refractivity contribution >= 4 is 11.8 Å². The highest BCUT2D eigenvalue weighted by Crippen LogP contribution is 2.46. The molecule has 1 atom stereocenters. The molecule has 1 saturated heterocycles. The molecule has 4 nitrogen and oxygen atoms in total. The highest BCUT2D eigenvalue weighted by atomic mass is 16.2. The van der Waals surface area contributed by atoms with Crippen molar-refractivity contribution in [3.63, 3.8) is 0 Å². The third kappa shape index (κ3) is 2.97. The predicted octanol–water partition coefficient (Wildman–Crippen LogP) is 3.31. The van der Waals surface area contributed by atoms with Gasteiger partial charge in [0.1, 0.15) is 0 Å². The van der Waals surface area contributed by atoms with Crippen molar-refractivity contribution in [2.24, 2.45) is 5.41 Å². The van der Waals surface area contributed by atoms with Crippen LogP contribution in [0.3, 0.4) is 0 Å². The number of carbonyl (C=O) groups excluding carboxylic acids is 2. The van der Waals surface area contributed by atoms with Gasteiger partial charge in [0.25, 0.3) is 0 Å². The number of fused-ring (bicyclic) bond motifs is 1. The number of amides is 2. The van der Waals surface area contributed by atoms with E-state index in [-0.39, 0.29) is 11.8 Å². The summed E-state index contributed by atoms with van der Waals surface area (Å²) in [4.78, 5) is 27.1. The molecule has 1 N–H and O–H groups in total. The lowest BCUT2D eigenvalue weighted by Gasteiger charge is -2.45. The van der Waals surface area contributed by atoms with Crippen LogP contribution in [0.4, 0.5) is 0 Å². The van der Waals surface area contributed by atoms with E-state index >= 15 is 0 Å². The second kappa shape index (κ2) is 6.80. The van der Waals surface area contributed by atoms with Crippen LogP contribution in [0.1, 0.15) is 50.2 Å². The summed E-state index contributed by atoms with van der Waals surface area (Å²) in [5.41, 5.74) is 2.73. The summed E-state index contributed by atoms with van der Waals surface area (Å²) in [5, 5.41) is 3.12. The predicted molar refractivity (Wildman–Crippen MR) is 94.0 cm³/mol. The van der Waals surface area contributed by atoms with Crippen LogP contribution in [0.25, 0.3) is 0 Å². The number of aryl methyl sites for hydroxylation is 1. The molecule has 0 bridgehead atoms. The number of allylic oxidation sites excluding steroid dienone is 1. The normalized spacial score (nSPS) is 23.5. The second-order valence-electron chi connectivity index (χ2n) is 6.87. The number of piperidine rings is 1. The Morgan fingerprint density at radius 1 is 1.25 bits per heavy atom. The van der Waals surface area contributed by atoms with Crippen molar-refractivity contribution in [3.05, 3.63) is 47.2 Å². The fourth-order valence-electron chi connectivity index (χ4n) is 3.92. The molecule has 2 amide bonds. The molecule has 0 spiro atoms. The van der Waals surface area contributed by atoms with Gasteiger partial charge in [-0.05, 0) is 45.1 Å². The maximum Gasteiger partial charge on any atom is 0.232 e. The van der Waals surface area contributed by atoms with Crippen LogP contribution in [0.15, 0.2) is 36.0 Å². The van der Waals surface area contributed by atoms with Crippen LogP contribution in [-0.2, 0) is 16.1 Å². The summed E-state index contributed by atoms with van der Waals surface area (Å²) in [5.74, 6) is 0.215. The quantitative estimate of drug-likeness (QED) is 0.923. The Morgan fingerprint density at radius 3 is 2.71 bits per heavy atom. The van der Waals surface area contributed by atoms with Crippen LogP contribution in [0.5, 0.6) is 0 Å². The van der Waals surface area contributed by atoms with Gasteiger partial charge < -0.3 is 10.2 Å². The summed E-state index contributed by atoms with van der Waals surface area (Å²) in [6.07, 6.45) is 5.99. The molecule has 1 heterocycles. The van der Waals surface area contributed by atoms with E-state index in [1.54, 1.807) is 0 Å². The Balaban J connectivity index is 1.78. The summed E-state index contributed by atoms with van der Waals surface area (Å²) >= 11 is 0. The average Bonchev–Trinajstić information content (AvgIpc) is 2.61. The van der Waals surface area contributed by atoms with Crippen LogP contribution >= 0.6 is 0 Å². The number of hydrogen-bond donors (Lipinski definition) is 1. The number of benzene rings is 1. The molecule has 128 valence electrons. The monoisotopic (exact) mass is 326 g/mol. The van der Waals surface area contributed by atoms with Gasteiger partial charge in [-0.15, -0.1) is 0 Å². The van der Waals surface area contributed by atoms with Gasteiger partial charge in [0.15, 0.2) is 0 Å². The lowest BCUT2D eigenvalue weighted by molar-refractivity contribution is -0.140. The Kier molecular flexibility index (Phi) is 4.74. The van der Waals surface area contributed by atoms with Crippen molar-refractivity contribution in [3.8, 4) is 0 Å². The van der Waals surface area contributed by atoms with Crippen LogP contribution in [-0.4, -0.2) is 23.3 Å². The zero-order valence-electron chi connectivity index (χ0n) is 14.6. The Morgan fingerprint density at radius 2 is 2.00 bits per heavy atom. The Labute approximate surface area is 143 Å². The van der Waals surface area contributed by atoms with E-state index in [2.05, 4.69) is 30.4 Å². The number of rotatable bonds is 4. The molecule has 1 unspecified atom stereocenters. The first-order chi connectivity index (χ1) is 11.6. The van der Waals surface area contributed by atoms with Gasteiger partial charge in [0.05, 0.1) is 5.41 Å². The van der Waals surface area contributed by atoms with E-state index < -0.39 is 5.41 Å². The molecule has 24 heavy (non-hydrogen) atoms. The largest absolute Gasteiger partial charge is 0.351 e. The van der Waals surface area contributed by atoms with E-state index in [0.717, 1.165) is 30.5 Å². The highest BCUT2D eigenvalue weighted by molar-refractivity contribution is 5.91. The molecular formula is C20H26N2O2. The minimum absolute atomic E-state index is 0.0694. The lowest BCUT2D eigenvalue weighted by atomic mass is 9.69. The third-order valence-corrected chi connectivity index (χ3v) is 5.32. The average molecular weight is 326 g/mol. The molecule has 1 aliphatic carbocycles. The van der Waals surface area contributed by atoms with Gasteiger partial charge in [-0.3, -0.25) is 9.59 Å². The first kappa shape index (κ1) is 16.7. The number of nitrogens with one attached hydrogen (secondary N) is 1. The van der Waals surface area contributed by atoms with E-state index in [4.69, 9.17) is 0 Å². The van der Waals surface area contributed by atoms with Crippen LogP contribution in [0, 0.1) is 12.3 Å². The Hall–Kier alpha value is -2.10. The smallest absolute Gasteiger partial charge is 0.232 e. The van der Waals surface area contributed by atoms with Gasteiger partial charge in [-0.25, -0.2) is 0 Å². The maximum absolute atomic E-state index is 13.1. The molecule has 0 radical (unpaired) electrons. The number of likely N-dealkylation sites (tertiary alicyclic amines) is 1. The first-order valence-electron chi connectivity index (χ1n) is 8.91. The molecule has 1 fully saturated rings. The summed E-state index contributed by atoms with van der Waals surface area (Å²) < 4.78 is 0. The molecule has 0 saturated carbocycles. The number of carbonyl (C=O) groups is 2. The molecule has 0 aromatic heterocycles. The maximum atomic E-state index is 13.1. The van der Waals surface area contributed by atoms with E-state index in [1.807, 2.05) is 24.0 Å². The summed E-state index contributed by atoms with van der Waals surface area (Å²) in [6.45, 7) is 5.21. The topological polar surface area (TPSA) is 49.4 Å². The molecular weight excluding hydrogens is 300 g/mol. The molecule has 3 rings (SSSR count). The zero-order chi connectivity index (χ0) is 17.2. The molecule has 4 heteroatoms. The van der Waals surface area contributed by atoms with E-state index in [9.17, 15) is 9.59 Å². The summed E-state index contributed by atoms with van der Waals surface area (Å²) in [6, 6.07) is 8.22. The molecule has 2 aliphatic rings. The molecule has 1 aliphatic heterocycles. The zero-order valence-corrected chi connectivity index (χ0v) is 14.6. The fourth-order valence-corrected chi connectivity index (χ4v) is 3.92. The standard InChI is InChI=1S/C20H26N2O2/c1-3-22-17-6-4-5-12-20(17,13-11-18(22)23)19(24)21-14-16-9-7-15(2)8-10-16/h6-10H,3-5,11-14H2,1-2H3,(H,21,24). The van der Waals surface area contributed by atoms with Crippen LogP contribution < -0.4 is 5.32 Å². The van der Waals surface area contributed by atoms with Crippen LogP contribution in [0.2, 0.25) is 0 Å². The summed E-state index contributed by atoms with van der Waals surface area (Å²) in [7, 11) is 0. The van der Waals surface area contributed by atoms with Crippen molar-refractivity contribution in [1.29, 1.82) is 0 Å². The second-order valence-corrected chi connectivity index (χ2v) is 6.87. The third-order valence-electron chi connectivity index (χ3n) is 5.32. The van der Waals surface area contributed by atoms with Gasteiger partial charge >= 0.3 is 0 Å². The van der Waals surface area contributed by atoms with Gasteiger partial charge in [0.2, 0.25) is 11.8 Å². The minimum atomic E-state index is -0.521. The van der Waals surface area contributed by atoms with E-state index in [0.29, 0.717) is 25.9 Å². The first-order valence-corrected chi connectivity index (χ1v) is 8.91. The molecule has 1 aromatic rings. The fraction of sp³-hybridized carbons (Fsp3) is 0.500. The minimum Gasteiger partial charge on any atom is -0.351 e. The van der Waals surface area contributed by atoms with Gasteiger partial charge in [-0.2, -0.15) is 0 Å². The lowest BCUT2D eigenvalue weighted by Crippen LogP contribution is -2.52. The Bertz CT molecular complexity index is 663. The van der Waals surface area contributed by atoms with Gasteiger partial charge in [-0.1, -0.05) is 35.9 Å².